The molecule has 138 valence electrons. The third kappa shape index (κ3) is 2.95. The molecular weight excluding hydrogens is 368 g/mol. The second-order valence-corrected chi connectivity index (χ2v) is 6.61. The molecule has 9 nitrogen and oxygen atoms in total. The summed E-state index contributed by atoms with van der Waals surface area (Å²) in [5.74, 6) is 0.215. The van der Waals surface area contributed by atoms with Gasteiger partial charge < -0.3 is 15.5 Å². The van der Waals surface area contributed by atoms with Gasteiger partial charge in [-0.2, -0.15) is 5.10 Å². The first-order chi connectivity index (χ1) is 13.0. The Morgan fingerprint density at radius 3 is 2.89 bits per heavy atom. The molecule has 0 unspecified atom stereocenters. The van der Waals surface area contributed by atoms with Crippen LogP contribution >= 0.6 is 11.6 Å². The van der Waals surface area contributed by atoms with Crippen molar-refractivity contribution in [2.45, 2.75) is 6.54 Å². The van der Waals surface area contributed by atoms with E-state index in [4.69, 9.17) is 11.6 Å². The Kier molecular flexibility index (Phi) is 4.15. The topological polar surface area (TPSA) is 101 Å². The van der Waals surface area contributed by atoms with Crippen LogP contribution < -0.4 is 15.5 Å². The fraction of sp³-hybridized carbons (Fsp3) is 0.235. The Hall–Kier alpha value is -3.20. The number of nitrogens with zero attached hydrogens (tertiary/aromatic N) is 6. The zero-order valence-electron chi connectivity index (χ0n) is 15.0. The monoisotopic (exact) mass is 384 g/mol. The summed E-state index contributed by atoms with van der Waals surface area (Å²) in [4.78, 5) is 18.7. The molecule has 3 aromatic rings. The summed E-state index contributed by atoms with van der Waals surface area (Å²) in [5, 5.41) is 18.1. The van der Waals surface area contributed by atoms with Crippen molar-refractivity contribution in [3.05, 3.63) is 40.9 Å². The molecular formula is C17H17ClN8O. The molecule has 0 aliphatic carbocycles. The van der Waals surface area contributed by atoms with Gasteiger partial charge in [-0.25, -0.2) is 4.98 Å². The van der Waals surface area contributed by atoms with Gasteiger partial charge in [-0.05, 0) is 6.07 Å². The summed E-state index contributed by atoms with van der Waals surface area (Å²) in [6.07, 6.45) is 3.72. The second-order valence-electron chi connectivity index (χ2n) is 6.22. The summed E-state index contributed by atoms with van der Waals surface area (Å²) in [6.45, 7) is 0.703. The first-order valence-electron chi connectivity index (χ1n) is 8.23. The minimum absolute atomic E-state index is 0.137. The number of aromatic nitrogens is 5. The minimum atomic E-state index is -0.369. The van der Waals surface area contributed by atoms with Crippen LogP contribution in [0.4, 0.5) is 17.2 Å². The molecule has 0 atom stereocenters. The number of hydrogen-bond donors (Lipinski definition) is 2. The molecule has 4 rings (SSSR count). The van der Waals surface area contributed by atoms with Gasteiger partial charge in [-0.1, -0.05) is 11.6 Å². The van der Waals surface area contributed by atoms with Gasteiger partial charge in [0.15, 0.2) is 16.7 Å². The van der Waals surface area contributed by atoms with Gasteiger partial charge in [-0.3, -0.25) is 9.48 Å². The van der Waals surface area contributed by atoms with E-state index in [-0.39, 0.29) is 16.8 Å². The Morgan fingerprint density at radius 2 is 2.11 bits per heavy atom. The lowest BCUT2D eigenvalue weighted by Gasteiger charge is -2.28. The van der Waals surface area contributed by atoms with Gasteiger partial charge in [0, 0.05) is 57.3 Å². The number of carbonyl (C=O) groups excluding carboxylic acids is 1. The van der Waals surface area contributed by atoms with E-state index < -0.39 is 0 Å². The molecule has 3 aromatic heterocycles. The van der Waals surface area contributed by atoms with E-state index in [0.717, 1.165) is 22.5 Å². The number of hydrogen-bond acceptors (Lipinski definition) is 7. The Balaban J connectivity index is 1.82. The average Bonchev–Trinajstić information content (AvgIpc) is 3.01. The molecule has 0 aromatic carbocycles. The van der Waals surface area contributed by atoms with Gasteiger partial charge in [0.25, 0.3) is 5.91 Å². The molecule has 27 heavy (non-hydrogen) atoms. The predicted molar refractivity (Wildman–Crippen MR) is 102 cm³/mol. The lowest BCUT2D eigenvalue weighted by molar-refractivity contribution is 0.0958. The number of anilines is 3. The number of aryl methyl sites for hydroxylation is 1. The maximum atomic E-state index is 12.1. The highest BCUT2D eigenvalue weighted by Gasteiger charge is 2.26. The second kappa shape index (κ2) is 6.51. The maximum Gasteiger partial charge on any atom is 0.273 e. The molecule has 1 aliphatic heterocycles. The van der Waals surface area contributed by atoms with Gasteiger partial charge in [0.1, 0.15) is 0 Å². The fourth-order valence-electron chi connectivity index (χ4n) is 3.21. The van der Waals surface area contributed by atoms with E-state index >= 15 is 0 Å². The largest absolute Gasteiger partial charge is 0.367 e. The van der Waals surface area contributed by atoms with Crippen LogP contribution in [0.5, 0.6) is 0 Å². The van der Waals surface area contributed by atoms with E-state index in [2.05, 4.69) is 35.8 Å². The molecule has 0 fully saturated rings. The molecule has 0 saturated heterocycles. The summed E-state index contributed by atoms with van der Waals surface area (Å²) in [5.41, 5.74) is 4.48. The SMILES string of the molecule is CNC(=O)c1nnc(Cl)cc1Nc1nccc2c1N(C)Cc1cn(C)nc1-2. The van der Waals surface area contributed by atoms with Crippen LogP contribution in [0.2, 0.25) is 5.15 Å². The number of rotatable bonds is 3. The van der Waals surface area contributed by atoms with Crippen molar-refractivity contribution >= 4 is 34.7 Å². The summed E-state index contributed by atoms with van der Waals surface area (Å²) < 4.78 is 1.80. The van der Waals surface area contributed by atoms with Crippen molar-refractivity contribution in [3.63, 3.8) is 0 Å². The molecule has 0 spiro atoms. The molecule has 0 radical (unpaired) electrons. The number of fused-ring (bicyclic) bond motifs is 3. The molecule has 0 saturated carbocycles. The molecule has 10 heteroatoms. The van der Waals surface area contributed by atoms with Crippen LogP contribution in [0.1, 0.15) is 16.1 Å². The Morgan fingerprint density at radius 1 is 1.30 bits per heavy atom. The number of nitrogens with one attached hydrogen (secondary N) is 2. The molecule has 1 aliphatic rings. The minimum Gasteiger partial charge on any atom is -0.367 e. The van der Waals surface area contributed by atoms with Crippen molar-refractivity contribution in [2.75, 3.05) is 24.3 Å². The first-order valence-corrected chi connectivity index (χ1v) is 8.61. The van der Waals surface area contributed by atoms with Crippen LogP contribution in [-0.2, 0) is 13.6 Å². The lowest BCUT2D eigenvalue weighted by atomic mass is 10.0. The van der Waals surface area contributed by atoms with E-state index in [1.165, 1.54) is 7.05 Å². The standard InChI is InChI=1S/C17H17ClN8O/c1-19-17(27)14-11(6-12(18)22-23-14)21-16-15-10(4-5-20-16)13-9(7-25(15)2)8-26(3)24-13/h4-6,8H,7H2,1-3H3,(H,19,27)(H,20,21,22). The van der Waals surface area contributed by atoms with E-state index in [9.17, 15) is 4.79 Å². The van der Waals surface area contributed by atoms with Crippen molar-refractivity contribution in [2.24, 2.45) is 7.05 Å². The predicted octanol–water partition coefficient (Wildman–Crippen LogP) is 1.98. The summed E-state index contributed by atoms with van der Waals surface area (Å²) in [7, 11) is 5.42. The average molecular weight is 385 g/mol. The molecule has 1 amide bonds. The van der Waals surface area contributed by atoms with Gasteiger partial charge in [0.2, 0.25) is 0 Å². The fourth-order valence-corrected chi connectivity index (χ4v) is 3.36. The zero-order valence-corrected chi connectivity index (χ0v) is 15.7. The van der Waals surface area contributed by atoms with E-state index in [1.807, 2.05) is 26.4 Å². The van der Waals surface area contributed by atoms with Crippen LogP contribution in [0, 0.1) is 0 Å². The normalized spacial score (nSPS) is 12.4. The highest BCUT2D eigenvalue weighted by molar-refractivity contribution is 6.29. The number of halogens is 1. The smallest absolute Gasteiger partial charge is 0.273 e. The Bertz CT molecular complexity index is 1050. The number of carbonyl (C=O) groups is 1. The van der Waals surface area contributed by atoms with Crippen molar-refractivity contribution < 1.29 is 4.79 Å². The lowest BCUT2D eigenvalue weighted by Crippen LogP contribution is -2.24. The van der Waals surface area contributed by atoms with Crippen molar-refractivity contribution in [3.8, 4) is 11.3 Å². The third-order valence-corrected chi connectivity index (χ3v) is 4.52. The van der Waals surface area contributed by atoms with E-state index in [1.54, 1.807) is 16.9 Å². The van der Waals surface area contributed by atoms with Gasteiger partial charge in [-0.15, -0.1) is 10.2 Å². The molecule has 4 heterocycles. The van der Waals surface area contributed by atoms with Crippen LogP contribution in [0.15, 0.2) is 24.5 Å². The van der Waals surface area contributed by atoms with Crippen LogP contribution in [-0.4, -0.2) is 45.0 Å². The zero-order chi connectivity index (χ0) is 19.1. The molecule has 2 N–H and O–H groups in total. The molecule has 0 bridgehead atoms. The van der Waals surface area contributed by atoms with Crippen molar-refractivity contribution in [1.29, 1.82) is 0 Å². The maximum absolute atomic E-state index is 12.1. The summed E-state index contributed by atoms with van der Waals surface area (Å²) >= 11 is 5.98. The Labute approximate surface area is 160 Å². The number of pyridine rings is 1. The van der Waals surface area contributed by atoms with Gasteiger partial charge in [0.05, 0.1) is 17.1 Å². The number of amides is 1. The summed E-state index contributed by atoms with van der Waals surface area (Å²) in [6, 6.07) is 3.48. The first kappa shape index (κ1) is 17.2. The highest BCUT2D eigenvalue weighted by Crippen LogP contribution is 2.42. The van der Waals surface area contributed by atoms with Gasteiger partial charge >= 0.3 is 0 Å². The quantitative estimate of drug-likeness (QED) is 0.712. The third-order valence-electron chi connectivity index (χ3n) is 4.33. The van der Waals surface area contributed by atoms with Crippen LogP contribution in [0.3, 0.4) is 0 Å². The van der Waals surface area contributed by atoms with E-state index in [0.29, 0.717) is 18.1 Å². The van der Waals surface area contributed by atoms with Crippen molar-refractivity contribution in [1.82, 2.24) is 30.3 Å². The van der Waals surface area contributed by atoms with Crippen LogP contribution in [0.25, 0.3) is 11.3 Å². The highest BCUT2D eigenvalue weighted by atomic mass is 35.5.